The molecule has 5 N–H and O–H groups in total. The summed E-state index contributed by atoms with van der Waals surface area (Å²) in [6.07, 6.45) is -2.23. The van der Waals surface area contributed by atoms with Gasteiger partial charge in [0.15, 0.2) is 5.82 Å². The first-order valence-corrected chi connectivity index (χ1v) is 12.5. The van der Waals surface area contributed by atoms with Gasteiger partial charge in [0, 0.05) is 49.8 Å². The van der Waals surface area contributed by atoms with Gasteiger partial charge < -0.3 is 21.1 Å². The van der Waals surface area contributed by atoms with E-state index in [0.29, 0.717) is 30.8 Å². The number of hydrogen-bond donors (Lipinski definition) is 4. The first-order chi connectivity index (χ1) is 19.6. The Labute approximate surface area is 231 Å². The van der Waals surface area contributed by atoms with Crippen LogP contribution < -0.4 is 21.7 Å². The molecule has 3 amide bonds. The van der Waals surface area contributed by atoms with Crippen molar-refractivity contribution in [2.75, 3.05) is 43.1 Å². The number of amides is 3. The highest BCUT2D eigenvalue weighted by molar-refractivity contribution is 5.99. The zero-order chi connectivity index (χ0) is 29.1. The lowest BCUT2D eigenvalue weighted by Crippen LogP contribution is -2.47. The SMILES string of the molecule is COCc1c(-c2ccc(NC(=O)Nc3cc(C(F)(F)F)ccn3)cc2)c2c(N)ncnn2c1CN1CCNC(=O)C1. The summed E-state index contributed by atoms with van der Waals surface area (Å²) in [5, 5.41) is 12.1. The van der Waals surface area contributed by atoms with Gasteiger partial charge >= 0.3 is 12.2 Å². The molecule has 41 heavy (non-hydrogen) atoms. The Hall–Kier alpha value is -4.76. The van der Waals surface area contributed by atoms with E-state index in [4.69, 9.17) is 10.5 Å². The van der Waals surface area contributed by atoms with E-state index >= 15 is 0 Å². The van der Waals surface area contributed by atoms with Crippen molar-refractivity contribution in [3.63, 3.8) is 0 Å². The van der Waals surface area contributed by atoms with Crippen molar-refractivity contribution in [3.05, 3.63) is 65.7 Å². The Morgan fingerprint density at radius 2 is 1.95 bits per heavy atom. The second-order valence-electron chi connectivity index (χ2n) is 9.28. The number of anilines is 3. The van der Waals surface area contributed by atoms with Crippen LogP contribution in [0.1, 0.15) is 16.8 Å². The van der Waals surface area contributed by atoms with Crippen molar-refractivity contribution in [1.82, 2.24) is 29.8 Å². The molecule has 1 saturated heterocycles. The number of nitrogens with one attached hydrogen (secondary N) is 3. The van der Waals surface area contributed by atoms with Crippen LogP contribution in [-0.2, 0) is 28.9 Å². The maximum absolute atomic E-state index is 13.0. The summed E-state index contributed by atoms with van der Waals surface area (Å²) < 4.78 is 46.1. The second kappa shape index (κ2) is 11.4. The minimum absolute atomic E-state index is 0.0595. The van der Waals surface area contributed by atoms with E-state index in [2.05, 4.69) is 31.0 Å². The molecular weight excluding hydrogens is 543 g/mol. The molecule has 214 valence electrons. The van der Waals surface area contributed by atoms with Crippen LogP contribution in [0.2, 0.25) is 0 Å². The molecule has 12 nitrogen and oxygen atoms in total. The lowest BCUT2D eigenvalue weighted by atomic mass is 10.0. The van der Waals surface area contributed by atoms with E-state index in [1.165, 1.54) is 6.33 Å². The summed E-state index contributed by atoms with van der Waals surface area (Å²) in [4.78, 5) is 34.4. The average Bonchev–Trinajstić information content (AvgIpc) is 3.23. The lowest BCUT2D eigenvalue weighted by molar-refractivity contribution is -0.137. The van der Waals surface area contributed by atoms with Gasteiger partial charge in [-0.05, 0) is 29.8 Å². The molecule has 0 unspecified atom stereocenters. The summed E-state index contributed by atoms with van der Waals surface area (Å²) in [6, 6.07) is 7.61. The van der Waals surface area contributed by atoms with Crippen LogP contribution in [0.25, 0.3) is 16.6 Å². The zero-order valence-electron chi connectivity index (χ0n) is 21.8. The minimum Gasteiger partial charge on any atom is -0.382 e. The van der Waals surface area contributed by atoms with Crippen LogP contribution in [0.4, 0.5) is 35.3 Å². The highest BCUT2D eigenvalue weighted by Gasteiger charge is 2.31. The number of carbonyl (C=O) groups excluding carboxylic acids is 2. The quantitative estimate of drug-likeness (QED) is 0.265. The Morgan fingerprint density at radius 3 is 2.66 bits per heavy atom. The molecule has 0 atom stereocenters. The van der Waals surface area contributed by atoms with Crippen molar-refractivity contribution in [3.8, 4) is 11.1 Å². The summed E-state index contributed by atoms with van der Waals surface area (Å²) in [6.45, 7) is 2.11. The third-order valence-corrected chi connectivity index (χ3v) is 6.50. The monoisotopic (exact) mass is 569 g/mol. The van der Waals surface area contributed by atoms with Gasteiger partial charge in [-0.2, -0.15) is 18.3 Å². The smallest absolute Gasteiger partial charge is 0.382 e. The molecule has 0 aliphatic carbocycles. The summed E-state index contributed by atoms with van der Waals surface area (Å²) in [7, 11) is 1.57. The maximum atomic E-state index is 13.0. The average molecular weight is 570 g/mol. The van der Waals surface area contributed by atoms with Crippen LogP contribution in [0.15, 0.2) is 48.9 Å². The molecule has 0 radical (unpaired) electrons. The number of methoxy groups -OCH3 is 1. The van der Waals surface area contributed by atoms with E-state index < -0.39 is 17.8 Å². The topological polar surface area (TPSA) is 152 Å². The van der Waals surface area contributed by atoms with Crippen molar-refractivity contribution in [2.45, 2.75) is 19.3 Å². The van der Waals surface area contributed by atoms with Crippen LogP contribution >= 0.6 is 0 Å². The van der Waals surface area contributed by atoms with E-state index in [1.807, 2.05) is 4.90 Å². The number of benzene rings is 1. The fourth-order valence-electron chi connectivity index (χ4n) is 4.71. The number of pyridine rings is 1. The van der Waals surface area contributed by atoms with Gasteiger partial charge in [0.1, 0.15) is 17.7 Å². The fraction of sp³-hybridized carbons (Fsp3) is 0.269. The Morgan fingerprint density at radius 1 is 1.17 bits per heavy atom. The molecule has 3 aromatic heterocycles. The standard InChI is InChI=1S/C26H26F3N9O3/c1-41-13-18-19(11-37-9-8-32-21(39)12-37)38-23(24(30)33-14-34-38)22(18)15-2-4-17(5-3-15)35-25(40)36-20-10-16(6-7-31-20)26(27,28)29/h2-7,10,14H,8-9,11-13H2,1H3,(H,32,39)(H2,30,33,34)(H2,31,35,36,40). The molecule has 4 aromatic rings. The van der Waals surface area contributed by atoms with E-state index in [9.17, 15) is 22.8 Å². The number of alkyl halides is 3. The predicted octanol–water partition coefficient (Wildman–Crippen LogP) is 3.11. The van der Waals surface area contributed by atoms with E-state index in [0.717, 1.165) is 40.7 Å². The molecule has 0 saturated carbocycles. The highest BCUT2D eigenvalue weighted by atomic mass is 19.4. The number of nitrogens with zero attached hydrogens (tertiary/aromatic N) is 5. The maximum Gasteiger partial charge on any atom is 0.416 e. The first-order valence-electron chi connectivity index (χ1n) is 12.5. The number of fused-ring (bicyclic) bond motifs is 1. The number of urea groups is 1. The number of halogens is 3. The molecule has 1 aliphatic rings. The van der Waals surface area contributed by atoms with Crippen molar-refractivity contribution in [2.24, 2.45) is 0 Å². The molecular formula is C26H26F3N9O3. The molecule has 5 rings (SSSR count). The third kappa shape index (κ3) is 6.05. The van der Waals surface area contributed by atoms with Gasteiger partial charge in [-0.1, -0.05) is 12.1 Å². The van der Waals surface area contributed by atoms with Gasteiger partial charge in [-0.3, -0.25) is 15.0 Å². The molecule has 0 spiro atoms. The lowest BCUT2D eigenvalue weighted by Gasteiger charge is -2.26. The fourth-order valence-corrected chi connectivity index (χ4v) is 4.71. The van der Waals surface area contributed by atoms with Gasteiger partial charge in [0.25, 0.3) is 0 Å². The van der Waals surface area contributed by atoms with Crippen LogP contribution in [0.5, 0.6) is 0 Å². The Balaban J connectivity index is 1.42. The number of nitrogen functional groups attached to an aromatic ring is 1. The number of aromatic nitrogens is 4. The molecule has 1 fully saturated rings. The first kappa shape index (κ1) is 27.8. The van der Waals surface area contributed by atoms with Gasteiger partial charge in [0.05, 0.1) is 24.4 Å². The predicted molar refractivity (Wildman–Crippen MR) is 144 cm³/mol. The number of nitrogens with two attached hydrogens (primary N) is 1. The molecule has 4 heterocycles. The van der Waals surface area contributed by atoms with Crippen molar-refractivity contribution in [1.29, 1.82) is 0 Å². The second-order valence-corrected chi connectivity index (χ2v) is 9.28. The number of hydrogen-bond acceptors (Lipinski definition) is 8. The summed E-state index contributed by atoms with van der Waals surface area (Å²) in [5.74, 6) is -0.0477. The van der Waals surface area contributed by atoms with Crippen molar-refractivity contribution >= 4 is 34.8 Å². The molecule has 1 aromatic carbocycles. The van der Waals surface area contributed by atoms with Crippen molar-refractivity contribution < 1.29 is 27.5 Å². The zero-order valence-corrected chi connectivity index (χ0v) is 21.8. The highest BCUT2D eigenvalue weighted by Crippen LogP contribution is 2.37. The van der Waals surface area contributed by atoms with Crippen LogP contribution in [-0.4, -0.2) is 63.2 Å². The van der Waals surface area contributed by atoms with E-state index in [-0.39, 0.29) is 30.7 Å². The summed E-state index contributed by atoms with van der Waals surface area (Å²) in [5.41, 5.74) is 9.44. The summed E-state index contributed by atoms with van der Waals surface area (Å²) >= 11 is 0. The number of piperazine rings is 1. The Kier molecular flexibility index (Phi) is 7.72. The van der Waals surface area contributed by atoms with Crippen LogP contribution in [0.3, 0.4) is 0 Å². The number of rotatable bonds is 7. The van der Waals surface area contributed by atoms with Gasteiger partial charge in [-0.15, -0.1) is 0 Å². The van der Waals surface area contributed by atoms with Gasteiger partial charge in [-0.25, -0.2) is 19.3 Å². The molecule has 0 bridgehead atoms. The number of ether oxygens (including phenoxy) is 1. The third-order valence-electron chi connectivity index (χ3n) is 6.50. The van der Waals surface area contributed by atoms with Gasteiger partial charge in [0.2, 0.25) is 5.91 Å². The Bertz CT molecular complexity index is 1590. The molecule has 15 heteroatoms. The number of carbonyl (C=O) groups is 2. The molecule has 1 aliphatic heterocycles. The normalized spacial score (nSPS) is 14.2. The van der Waals surface area contributed by atoms with E-state index in [1.54, 1.807) is 35.9 Å². The van der Waals surface area contributed by atoms with Crippen LogP contribution in [0, 0.1) is 0 Å². The minimum atomic E-state index is -4.56. The largest absolute Gasteiger partial charge is 0.416 e.